The van der Waals surface area contributed by atoms with E-state index in [1.807, 2.05) is 22.6 Å². The van der Waals surface area contributed by atoms with Crippen molar-refractivity contribution in [1.29, 1.82) is 0 Å². The van der Waals surface area contributed by atoms with E-state index >= 15 is 0 Å². The van der Waals surface area contributed by atoms with Crippen LogP contribution in [0.15, 0.2) is 12.1 Å². The van der Waals surface area contributed by atoms with Gasteiger partial charge in [0.05, 0.1) is 10.6 Å². The molecule has 0 aliphatic heterocycles. The third-order valence-corrected chi connectivity index (χ3v) is 2.50. The molecule has 2 nitrogen and oxygen atoms in total. The highest BCUT2D eigenvalue weighted by molar-refractivity contribution is 14.1. The zero-order valence-corrected chi connectivity index (χ0v) is 10.5. The van der Waals surface area contributed by atoms with Crippen molar-refractivity contribution in [2.75, 3.05) is 0 Å². The van der Waals surface area contributed by atoms with Gasteiger partial charge in [-0.2, -0.15) is 8.78 Å². The Morgan fingerprint density at radius 3 is 2.60 bits per heavy atom. The first-order valence-corrected chi connectivity index (χ1v) is 5.32. The predicted octanol–water partition coefficient (Wildman–Crippen LogP) is 3.75. The van der Waals surface area contributed by atoms with Gasteiger partial charge in [-0.05, 0) is 41.6 Å². The third kappa shape index (κ3) is 3.27. The molecule has 0 radical (unpaired) electrons. The first kappa shape index (κ1) is 12.6. The van der Waals surface area contributed by atoms with Crippen molar-refractivity contribution < 1.29 is 18.3 Å². The fourth-order valence-corrected chi connectivity index (χ4v) is 2.10. The fraction of sp³-hybridized carbons (Fsp3) is 0.222. The van der Waals surface area contributed by atoms with Crippen LogP contribution in [-0.2, 0) is 0 Å². The number of ether oxygens (including phenoxy) is 1. The smallest absolute Gasteiger partial charge is 0.387 e. The topological polar surface area (TPSA) is 26.3 Å². The third-order valence-electron chi connectivity index (χ3n) is 1.59. The second kappa shape index (κ2) is 5.07. The summed E-state index contributed by atoms with van der Waals surface area (Å²) in [6.07, 6.45) is 0. The summed E-state index contributed by atoms with van der Waals surface area (Å²) in [5.41, 5.74) is 0.0622. The van der Waals surface area contributed by atoms with Crippen LogP contribution in [0.3, 0.4) is 0 Å². The maximum Gasteiger partial charge on any atom is 0.387 e. The summed E-state index contributed by atoms with van der Waals surface area (Å²) in [6.45, 7) is -1.74. The van der Waals surface area contributed by atoms with Crippen molar-refractivity contribution in [3.8, 4) is 5.75 Å². The number of carbonyl (C=O) groups excluding carboxylic acids is 1. The number of Topliss-reactive ketones (excluding diaryl/α,β-unsaturated/α-hetero) is 1. The molecule has 0 saturated carbocycles. The SMILES string of the molecule is CC(=O)c1cc(I)cc(Cl)c1OC(F)F. The highest BCUT2D eigenvalue weighted by atomic mass is 127. The van der Waals surface area contributed by atoms with E-state index in [0.29, 0.717) is 3.57 Å². The molecular weight excluding hydrogens is 340 g/mol. The summed E-state index contributed by atoms with van der Waals surface area (Å²) in [6, 6.07) is 2.90. The number of hydrogen-bond donors (Lipinski definition) is 0. The van der Waals surface area contributed by atoms with Gasteiger partial charge in [0.2, 0.25) is 0 Å². The molecule has 1 aromatic rings. The average molecular weight is 346 g/mol. The van der Waals surface area contributed by atoms with Crippen molar-refractivity contribution in [2.24, 2.45) is 0 Å². The molecule has 0 atom stereocenters. The first-order chi connectivity index (χ1) is 6.91. The number of rotatable bonds is 3. The molecule has 15 heavy (non-hydrogen) atoms. The Hall–Kier alpha value is -0.430. The molecule has 0 aromatic heterocycles. The molecular formula is C9H6ClF2IO2. The molecule has 1 rings (SSSR count). The fourth-order valence-electron chi connectivity index (χ4n) is 1.03. The van der Waals surface area contributed by atoms with Gasteiger partial charge in [-0.15, -0.1) is 0 Å². The van der Waals surface area contributed by atoms with Crippen molar-refractivity contribution in [1.82, 2.24) is 0 Å². The number of ketones is 1. The molecule has 0 spiro atoms. The van der Waals surface area contributed by atoms with Gasteiger partial charge in [-0.3, -0.25) is 4.79 Å². The van der Waals surface area contributed by atoms with E-state index in [4.69, 9.17) is 11.6 Å². The molecule has 0 N–H and O–H groups in total. The monoisotopic (exact) mass is 346 g/mol. The molecule has 0 amide bonds. The van der Waals surface area contributed by atoms with Crippen LogP contribution in [0.1, 0.15) is 17.3 Å². The molecule has 0 unspecified atom stereocenters. The lowest BCUT2D eigenvalue weighted by molar-refractivity contribution is -0.0500. The van der Waals surface area contributed by atoms with Gasteiger partial charge < -0.3 is 4.74 Å². The Kier molecular flexibility index (Phi) is 4.27. The van der Waals surface area contributed by atoms with Crippen LogP contribution >= 0.6 is 34.2 Å². The molecule has 1 aromatic carbocycles. The Balaban J connectivity index is 3.27. The zero-order valence-electron chi connectivity index (χ0n) is 7.56. The average Bonchev–Trinajstić information content (AvgIpc) is 2.08. The molecule has 0 heterocycles. The van der Waals surface area contributed by atoms with E-state index in [1.54, 1.807) is 0 Å². The largest absolute Gasteiger partial charge is 0.432 e. The van der Waals surface area contributed by atoms with Crippen LogP contribution in [0.4, 0.5) is 8.78 Å². The molecule has 0 fully saturated rings. The predicted molar refractivity (Wildman–Crippen MR) is 60.8 cm³/mol. The summed E-state index contributed by atoms with van der Waals surface area (Å²) in [4.78, 5) is 11.2. The molecule has 82 valence electrons. The normalized spacial score (nSPS) is 10.5. The molecule has 0 aliphatic carbocycles. The Bertz CT molecular complexity index is 396. The van der Waals surface area contributed by atoms with Crippen LogP contribution < -0.4 is 4.74 Å². The minimum atomic E-state index is -3.00. The van der Waals surface area contributed by atoms with Gasteiger partial charge >= 0.3 is 6.61 Å². The molecule has 0 saturated heterocycles. The summed E-state index contributed by atoms with van der Waals surface area (Å²) < 4.78 is 29.0. The summed E-state index contributed by atoms with van der Waals surface area (Å²) >= 11 is 7.64. The van der Waals surface area contributed by atoms with Gasteiger partial charge in [0.15, 0.2) is 11.5 Å². The minimum Gasteiger partial charge on any atom is -0.432 e. The van der Waals surface area contributed by atoms with Gasteiger partial charge in [0.25, 0.3) is 0 Å². The number of benzene rings is 1. The summed E-state index contributed by atoms with van der Waals surface area (Å²) in [5.74, 6) is -0.634. The second-order valence-corrected chi connectivity index (χ2v) is 4.35. The van der Waals surface area contributed by atoms with E-state index in [-0.39, 0.29) is 22.1 Å². The van der Waals surface area contributed by atoms with Gasteiger partial charge in [0, 0.05) is 3.57 Å². The number of alkyl halides is 2. The van der Waals surface area contributed by atoms with Crippen LogP contribution in [0.25, 0.3) is 0 Å². The maximum atomic E-state index is 12.1. The summed E-state index contributed by atoms with van der Waals surface area (Å²) in [7, 11) is 0. The Labute approximate surface area is 104 Å². The zero-order chi connectivity index (χ0) is 11.6. The van der Waals surface area contributed by atoms with Gasteiger partial charge in [-0.25, -0.2) is 0 Å². The molecule has 0 bridgehead atoms. The summed E-state index contributed by atoms with van der Waals surface area (Å²) in [5, 5.41) is 0.00685. The van der Waals surface area contributed by atoms with E-state index in [2.05, 4.69) is 4.74 Å². The minimum absolute atomic E-state index is 0.00685. The maximum absolute atomic E-state index is 12.1. The van der Waals surface area contributed by atoms with E-state index in [9.17, 15) is 13.6 Å². The highest BCUT2D eigenvalue weighted by Crippen LogP contribution is 2.32. The van der Waals surface area contributed by atoms with E-state index < -0.39 is 6.61 Å². The van der Waals surface area contributed by atoms with Gasteiger partial charge in [0.1, 0.15) is 0 Å². The quantitative estimate of drug-likeness (QED) is 0.615. The van der Waals surface area contributed by atoms with Crippen molar-refractivity contribution >= 4 is 40.0 Å². The molecule has 0 aliphatic rings. The van der Waals surface area contributed by atoms with Crippen molar-refractivity contribution in [3.63, 3.8) is 0 Å². The van der Waals surface area contributed by atoms with E-state index in [0.717, 1.165) is 0 Å². The van der Waals surface area contributed by atoms with E-state index in [1.165, 1.54) is 19.1 Å². The van der Waals surface area contributed by atoms with Crippen molar-refractivity contribution in [3.05, 3.63) is 26.3 Å². The lowest BCUT2D eigenvalue weighted by Gasteiger charge is -2.10. The van der Waals surface area contributed by atoms with Gasteiger partial charge in [-0.1, -0.05) is 11.6 Å². The standard InChI is InChI=1S/C9H6ClF2IO2/c1-4(14)6-2-5(13)3-7(10)8(6)15-9(11)12/h2-3,9H,1H3. The highest BCUT2D eigenvalue weighted by Gasteiger charge is 2.17. The number of hydrogen-bond acceptors (Lipinski definition) is 2. The number of carbonyl (C=O) groups is 1. The number of halogens is 4. The van der Waals surface area contributed by atoms with Crippen LogP contribution in [-0.4, -0.2) is 12.4 Å². The molecule has 6 heteroatoms. The Morgan fingerprint density at radius 1 is 1.53 bits per heavy atom. The lowest BCUT2D eigenvalue weighted by Crippen LogP contribution is -2.07. The van der Waals surface area contributed by atoms with Crippen LogP contribution in [0.2, 0.25) is 5.02 Å². The Morgan fingerprint density at radius 2 is 2.13 bits per heavy atom. The van der Waals surface area contributed by atoms with Crippen molar-refractivity contribution in [2.45, 2.75) is 13.5 Å². The first-order valence-electron chi connectivity index (χ1n) is 3.86. The lowest BCUT2D eigenvalue weighted by atomic mass is 10.1. The van der Waals surface area contributed by atoms with Crippen LogP contribution in [0, 0.1) is 3.57 Å². The van der Waals surface area contributed by atoms with Crippen LogP contribution in [0.5, 0.6) is 5.75 Å². The second-order valence-electron chi connectivity index (χ2n) is 2.70.